The van der Waals surface area contributed by atoms with Gasteiger partial charge >= 0.3 is 0 Å². The Morgan fingerprint density at radius 2 is 1.86 bits per heavy atom. The van der Waals surface area contributed by atoms with Crippen LogP contribution in [0.3, 0.4) is 0 Å². The molecule has 118 valence electrons. The molecule has 0 radical (unpaired) electrons. The summed E-state index contributed by atoms with van der Waals surface area (Å²) in [6, 6.07) is 5.34. The number of hydrogen-bond donors (Lipinski definition) is 1. The molecule has 1 aromatic rings. The van der Waals surface area contributed by atoms with Crippen LogP contribution in [0.1, 0.15) is 36.0 Å². The predicted octanol–water partition coefficient (Wildman–Crippen LogP) is 3.23. The van der Waals surface area contributed by atoms with Crippen LogP contribution in [0.5, 0.6) is 0 Å². The van der Waals surface area contributed by atoms with E-state index in [9.17, 15) is 9.59 Å². The fraction of sp³-hybridized carbons (Fsp3) is 0.500. The lowest BCUT2D eigenvalue weighted by atomic mass is 10.0. The number of halogens is 2. The van der Waals surface area contributed by atoms with E-state index in [1.165, 1.54) is 0 Å². The summed E-state index contributed by atoms with van der Waals surface area (Å²) in [7, 11) is 0. The summed E-state index contributed by atoms with van der Waals surface area (Å²) in [4.78, 5) is 26.3. The minimum absolute atomic E-state index is 0.103. The molecule has 0 atom stereocenters. The molecule has 6 heteroatoms. The Kier molecular flexibility index (Phi) is 4.73. The number of rotatable bonds is 3. The normalized spacial score (nSPS) is 19.1. The van der Waals surface area contributed by atoms with Crippen LogP contribution in [0.25, 0.3) is 0 Å². The second kappa shape index (κ2) is 6.59. The number of hydrogen-bond acceptors (Lipinski definition) is 2. The van der Waals surface area contributed by atoms with Gasteiger partial charge in [0.1, 0.15) is 0 Å². The number of nitrogens with zero attached hydrogens (tertiary/aromatic N) is 1. The number of carbonyl (C=O) groups is 2. The van der Waals surface area contributed by atoms with E-state index in [0.717, 1.165) is 43.2 Å². The Labute approximate surface area is 143 Å². The first kappa shape index (κ1) is 15.8. The molecule has 2 fully saturated rings. The highest BCUT2D eigenvalue weighted by molar-refractivity contribution is 9.10. The highest BCUT2D eigenvalue weighted by Crippen LogP contribution is 2.32. The third-order valence-electron chi connectivity index (χ3n) is 4.24. The summed E-state index contributed by atoms with van der Waals surface area (Å²) in [5.41, 5.74) is 0.479. The van der Waals surface area contributed by atoms with Gasteiger partial charge in [0.25, 0.3) is 5.91 Å². The van der Waals surface area contributed by atoms with Crippen LogP contribution in [0, 0.1) is 5.92 Å². The molecule has 2 amide bonds. The molecule has 1 saturated carbocycles. The maximum Gasteiger partial charge on any atom is 0.253 e. The van der Waals surface area contributed by atoms with Gasteiger partial charge in [-0.2, -0.15) is 0 Å². The van der Waals surface area contributed by atoms with E-state index >= 15 is 0 Å². The molecule has 1 aliphatic heterocycles. The van der Waals surface area contributed by atoms with Crippen molar-refractivity contribution >= 4 is 39.3 Å². The molecule has 0 spiro atoms. The topological polar surface area (TPSA) is 49.4 Å². The van der Waals surface area contributed by atoms with Crippen molar-refractivity contribution in [2.45, 2.75) is 31.7 Å². The number of benzene rings is 1. The first-order chi connectivity index (χ1) is 10.5. The van der Waals surface area contributed by atoms with Crippen LogP contribution < -0.4 is 5.32 Å². The van der Waals surface area contributed by atoms with E-state index in [1.807, 2.05) is 4.90 Å². The molecule has 3 rings (SSSR count). The van der Waals surface area contributed by atoms with Crippen molar-refractivity contribution in [2.24, 2.45) is 5.92 Å². The summed E-state index contributed by atoms with van der Waals surface area (Å²) in [6.45, 7) is 1.46. The summed E-state index contributed by atoms with van der Waals surface area (Å²) in [5.74, 6) is 0.407. The second-order valence-corrected chi connectivity index (χ2v) is 7.29. The molecule has 4 nitrogen and oxygen atoms in total. The number of likely N-dealkylation sites (tertiary alicyclic amines) is 1. The third kappa shape index (κ3) is 3.63. The van der Waals surface area contributed by atoms with Gasteiger partial charge in [-0.1, -0.05) is 27.5 Å². The van der Waals surface area contributed by atoms with Crippen LogP contribution in [0.15, 0.2) is 22.7 Å². The lowest BCUT2D eigenvalue weighted by molar-refractivity contribution is -0.133. The quantitative estimate of drug-likeness (QED) is 0.868. The first-order valence-corrected chi connectivity index (χ1v) is 8.76. The van der Waals surface area contributed by atoms with Crippen LogP contribution >= 0.6 is 27.5 Å². The minimum Gasteiger partial charge on any atom is -0.349 e. The molecule has 1 aromatic carbocycles. The van der Waals surface area contributed by atoms with Gasteiger partial charge < -0.3 is 10.2 Å². The van der Waals surface area contributed by atoms with Gasteiger partial charge in [-0.25, -0.2) is 0 Å². The zero-order valence-corrected chi connectivity index (χ0v) is 14.5. The van der Waals surface area contributed by atoms with Gasteiger partial charge in [0.15, 0.2) is 0 Å². The van der Waals surface area contributed by atoms with Gasteiger partial charge in [0, 0.05) is 29.5 Å². The van der Waals surface area contributed by atoms with Gasteiger partial charge in [-0.3, -0.25) is 9.59 Å². The van der Waals surface area contributed by atoms with Crippen molar-refractivity contribution in [1.82, 2.24) is 10.2 Å². The first-order valence-electron chi connectivity index (χ1n) is 7.59. The molecule has 1 saturated heterocycles. The lowest BCUT2D eigenvalue weighted by Crippen LogP contribution is -2.47. The monoisotopic (exact) mass is 384 g/mol. The van der Waals surface area contributed by atoms with Crippen molar-refractivity contribution in [2.75, 3.05) is 13.1 Å². The number of amides is 2. The average Bonchev–Trinajstić information content (AvgIpc) is 3.34. The second-order valence-electron chi connectivity index (χ2n) is 5.97. The molecular formula is C16H18BrClN2O2. The van der Waals surface area contributed by atoms with Crippen molar-refractivity contribution in [3.63, 3.8) is 0 Å². The molecule has 1 N–H and O–H groups in total. The van der Waals surface area contributed by atoms with Gasteiger partial charge in [0.2, 0.25) is 5.91 Å². The third-order valence-corrected chi connectivity index (χ3v) is 5.06. The Morgan fingerprint density at radius 1 is 1.18 bits per heavy atom. The Balaban J connectivity index is 1.54. The Hall–Kier alpha value is -1.07. The van der Waals surface area contributed by atoms with Crippen molar-refractivity contribution in [3.05, 3.63) is 33.3 Å². The summed E-state index contributed by atoms with van der Waals surface area (Å²) < 4.78 is 0.826. The molecule has 0 aromatic heterocycles. The van der Waals surface area contributed by atoms with E-state index in [-0.39, 0.29) is 17.9 Å². The fourth-order valence-electron chi connectivity index (χ4n) is 2.77. The van der Waals surface area contributed by atoms with Crippen LogP contribution in [-0.4, -0.2) is 35.8 Å². The predicted molar refractivity (Wildman–Crippen MR) is 88.9 cm³/mol. The summed E-state index contributed by atoms with van der Waals surface area (Å²) in [6.07, 6.45) is 3.68. The van der Waals surface area contributed by atoms with E-state index in [4.69, 9.17) is 11.6 Å². The van der Waals surface area contributed by atoms with Crippen LogP contribution in [0.4, 0.5) is 0 Å². The maximum absolute atomic E-state index is 12.3. The fourth-order valence-corrected chi connectivity index (χ4v) is 3.33. The van der Waals surface area contributed by atoms with Gasteiger partial charge in [0.05, 0.1) is 10.6 Å². The summed E-state index contributed by atoms with van der Waals surface area (Å²) >= 11 is 9.43. The van der Waals surface area contributed by atoms with Crippen LogP contribution in [-0.2, 0) is 4.79 Å². The molecule has 0 unspecified atom stereocenters. The average molecular weight is 386 g/mol. The molecule has 2 aliphatic rings. The zero-order valence-electron chi connectivity index (χ0n) is 12.1. The number of nitrogens with one attached hydrogen (secondary N) is 1. The Bertz CT molecular complexity index is 596. The molecule has 0 bridgehead atoms. The zero-order chi connectivity index (χ0) is 15.7. The van der Waals surface area contributed by atoms with E-state index in [2.05, 4.69) is 21.2 Å². The minimum atomic E-state index is -0.154. The highest BCUT2D eigenvalue weighted by Gasteiger charge is 2.35. The van der Waals surface area contributed by atoms with Crippen LogP contribution in [0.2, 0.25) is 5.02 Å². The standard InChI is InChI=1S/C16H18BrClN2O2/c17-11-3-4-14(18)13(9-11)15(21)19-12-5-7-20(8-6-12)16(22)10-1-2-10/h3-4,9-10,12H,1-2,5-8H2,(H,19,21). The summed E-state index contributed by atoms with van der Waals surface area (Å²) in [5, 5.41) is 3.47. The Morgan fingerprint density at radius 3 is 2.50 bits per heavy atom. The SMILES string of the molecule is O=C(NC1CCN(C(=O)C2CC2)CC1)c1cc(Br)ccc1Cl. The van der Waals surface area contributed by atoms with Gasteiger partial charge in [-0.15, -0.1) is 0 Å². The molecule has 1 aliphatic carbocycles. The van der Waals surface area contributed by atoms with Crippen molar-refractivity contribution in [3.8, 4) is 0 Å². The van der Waals surface area contributed by atoms with E-state index in [0.29, 0.717) is 16.5 Å². The molecule has 1 heterocycles. The van der Waals surface area contributed by atoms with E-state index < -0.39 is 0 Å². The van der Waals surface area contributed by atoms with Crippen molar-refractivity contribution in [1.29, 1.82) is 0 Å². The lowest BCUT2D eigenvalue weighted by Gasteiger charge is -2.32. The molecule has 22 heavy (non-hydrogen) atoms. The van der Waals surface area contributed by atoms with Gasteiger partial charge in [-0.05, 0) is 43.9 Å². The number of carbonyl (C=O) groups excluding carboxylic acids is 2. The number of piperidine rings is 1. The van der Waals surface area contributed by atoms with E-state index in [1.54, 1.807) is 18.2 Å². The van der Waals surface area contributed by atoms with Crippen molar-refractivity contribution < 1.29 is 9.59 Å². The maximum atomic E-state index is 12.3. The highest BCUT2D eigenvalue weighted by atomic mass is 79.9. The smallest absolute Gasteiger partial charge is 0.253 e. The largest absolute Gasteiger partial charge is 0.349 e. The molecular weight excluding hydrogens is 368 g/mol.